The van der Waals surface area contributed by atoms with Crippen LogP contribution in [-0.4, -0.2) is 24.2 Å². The quantitative estimate of drug-likeness (QED) is 0.419. The molecule has 36 heavy (non-hydrogen) atoms. The van der Waals surface area contributed by atoms with Gasteiger partial charge in [0.2, 0.25) is 0 Å². The second-order valence-electron chi connectivity index (χ2n) is 8.66. The Balaban J connectivity index is 1.77. The number of halogens is 3. The molecule has 9 nitrogen and oxygen atoms in total. The van der Waals surface area contributed by atoms with E-state index in [0.717, 1.165) is 16.8 Å². The number of aromatic nitrogens is 4. The number of carboxylic acids is 1. The highest BCUT2D eigenvalue weighted by atomic mass is 19.4. The van der Waals surface area contributed by atoms with Gasteiger partial charge in [0.05, 0.1) is 39.9 Å². The number of aryl methyl sites for hydroxylation is 2. The summed E-state index contributed by atoms with van der Waals surface area (Å²) in [6.45, 7) is 0. The molecule has 4 aromatic rings. The van der Waals surface area contributed by atoms with Gasteiger partial charge in [-0.25, -0.2) is 9.59 Å². The Morgan fingerprint density at radius 3 is 2.36 bits per heavy atom. The molecule has 5 rings (SSSR count). The van der Waals surface area contributed by atoms with Crippen molar-refractivity contribution in [2.24, 2.45) is 14.1 Å². The van der Waals surface area contributed by atoms with Gasteiger partial charge < -0.3 is 9.90 Å². The third kappa shape index (κ3) is 3.32. The monoisotopic (exact) mass is 499 g/mol. The van der Waals surface area contributed by atoms with Crippen LogP contribution in [0.4, 0.5) is 13.2 Å². The van der Waals surface area contributed by atoms with E-state index < -0.39 is 40.6 Å². The minimum atomic E-state index is -4.63. The van der Waals surface area contributed by atoms with Gasteiger partial charge in [-0.15, -0.1) is 0 Å². The van der Waals surface area contributed by atoms with Gasteiger partial charge in [-0.05, 0) is 48.2 Å². The SMILES string of the molecule is Cn1c(=O)n(C)c2cc(-n3cc(C(=O)[O-])c(=O)n([C@H]4CCc5c4cccc5C(F)(F)F)c3=O)ccc21. The lowest BCUT2D eigenvalue weighted by Crippen LogP contribution is -2.45. The molecular formula is C24H18F3N4O5-. The van der Waals surface area contributed by atoms with Crippen LogP contribution in [0.15, 0.2) is 57.0 Å². The standard InChI is InChI=1S/C24H19F3N4O5/c1-28-18-8-6-12(10-19(18)29(2)22(28)35)30-11-15(21(33)34)20(32)31(23(30)36)17-9-7-13-14(17)4-3-5-16(13)24(25,26)27/h3-6,8,10-11,17H,7,9H2,1-2H3,(H,33,34)/p-1/t17-/m0/s1. The zero-order chi connectivity index (χ0) is 26.1. The van der Waals surface area contributed by atoms with Gasteiger partial charge in [-0.1, -0.05) is 12.1 Å². The number of hydrogen-bond donors (Lipinski definition) is 0. The first kappa shape index (κ1) is 23.4. The van der Waals surface area contributed by atoms with Crippen LogP contribution in [0.5, 0.6) is 0 Å². The maximum absolute atomic E-state index is 13.6. The molecule has 0 N–H and O–H groups in total. The summed E-state index contributed by atoms with van der Waals surface area (Å²) >= 11 is 0. The molecule has 2 aromatic heterocycles. The molecule has 0 saturated heterocycles. The number of nitrogens with zero attached hydrogens (tertiary/aromatic N) is 4. The van der Waals surface area contributed by atoms with Crippen LogP contribution < -0.4 is 22.0 Å². The van der Waals surface area contributed by atoms with Crippen LogP contribution >= 0.6 is 0 Å². The van der Waals surface area contributed by atoms with Gasteiger partial charge in [0.15, 0.2) is 0 Å². The summed E-state index contributed by atoms with van der Waals surface area (Å²) in [5, 5.41) is 11.8. The van der Waals surface area contributed by atoms with Crippen molar-refractivity contribution in [3.63, 3.8) is 0 Å². The third-order valence-electron chi connectivity index (χ3n) is 6.73. The van der Waals surface area contributed by atoms with E-state index in [9.17, 15) is 37.5 Å². The number of fused-ring (bicyclic) bond motifs is 2. The van der Waals surface area contributed by atoms with Crippen LogP contribution in [0.25, 0.3) is 16.7 Å². The molecule has 1 aliphatic carbocycles. The highest BCUT2D eigenvalue weighted by Gasteiger charge is 2.38. The van der Waals surface area contributed by atoms with Crippen molar-refractivity contribution in [3.8, 4) is 5.69 Å². The molecule has 0 spiro atoms. The van der Waals surface area contributed by atoms with Crippen molar-refractivity contribution in [3.05, 3.63) is 96.2 Å². The predicted molar refractivity (Wildman–Crippen MR) is 120 cm³/mol. The lowest BCUT2D eigenvalue weighted by Gasteiger charge is -2.19. The van der Waals surface area contributed by atoms with Crippen LogP contribution in [-0.2, 0) is 26.7 Å². The maximum Gasteiger partial charge on any atom is 0.416 e. The van der Waals surface area contributed by atoms with Gasteiger partial charge in [-0.3, -0.25) is 23.1 Å². The molecule has 186 valence electrons. The lowest BCUT2D eigenvalue weighted by molar-refractivity contribution is -0.255. The van der Waals surface area contributed by atoms with Crippen LogP contribution in [0, 0.1) is 0 Å². The second kappa shape index (κ2) is 7.83. The number of imidazole rings is 1. The second-order valence-corrected chi connectivity index (χ2v) is 8.66. The van der Waals surface area contributed by atoms with E-state index in [0.29, 0.717) is 15.6 Å². The van der Waals surface area contributed by atoms with Crippen molar-refractivity contribution in [2.45, 2.75) is 25.1 Å². The fourth-order valence-electron chi connectivity index (χ4n) is 4.98. The number of carbonyl (C=O) groups excluding carboxylic acids is 1. The first-order valence-corrected chi connectivity index (χ1v) is 10.9. The summed E-state index contributed by atoms with van der Waals surface area (Å²) < 4.78 is 44.9. The van der Waals surface area contributed by atoms with Crippen molar-refractivity contribution < 1.29 is 23.1 Å². The van der Waals surface area contributed by atoms with Crippen molar-refractivity contribution in [1.82, 2.24) is 18.3 Å². The average molecular weight is 499 g/mol. The molecule has 12 heteroatoms. The zero-order valence-electron chi connectivity index (χ0n) is 19.0. The fraction of sp³-hybridized carbons (Fsp3) is 0.250. The maximum atomic E-state index is 13.6. The first-order chi connectivity index (χ1) is 16.9. The molecule has 1 aliphatic rings. The molecule has 2 aromatic carbocycles. The number of rotatable bonds is 3. The highest BCUT2D eigenvalue weighted by molar-refractivity contribution is 5.85. The van der Waals surface area contributed by atoms with E-state index in [1.54, 1.807) is 13.1 Å². The summed E-state index contributed by atoms with van der Waals surface area (Å²) in [5.74, 6) is -1.84. The van der Waals surface area contributed by atoms with E-state index in [1.165, 1.54) is 40.4 Å². The number of aromatic carboxylic acids is 1. The molecule has 2 heterocycles. The molecule has 0 radical (unpaired) electrons. The van der Waals surface area contributed by atoms with Crippen molar-refractivity contribution in [2.75, 3.05) is 0 Å². The first-order valence-electron chi connectivity index (χ1n) is 10.9. The molecule has 0 fully saturated rings. The fourth-order valence-corrected chi connectivity index (χ4v) is 4.98. The molecule has 0 amide bonds. The molecule has 1 atom stereocenters. The number of carboxylic acid groups (broad SMARTS) is 1. The van der Waals surface area contributed by atoms with Gasteiger partial charge >= 0.3 is 17.6 Å². The minimum absolute atomic E-state index is 0.000294. The van der Waals surface area contributed by atoms with Gasteiger partial charge in [-0.2, -0.15) is 13.2 Å². The summed E-state index contributed by atoms with van der Waals surface area (Å²) in [5.41, 5.74) is -2.85. The Bertz CT molecular complexity index is 1760. The van der Waals surface area contributed by atoms with Crippen LogP contribution in [0.1, 0.15) is 39.5 Å². The molecule has 0 unspecified atom stereocenters. The molecular weight excluding hydrogens is 481 g/mol. The number of hydrogen-bond acceptors (Lipinski definition) is 5. The zero-order valence-corrected chi connectivity index (χ0v) is 19.0. The van der Waals surface area contributed by atoms with E-state index in [2.05, 4.69) is 0 Å². The third-order valence-corrected chi connectivity index (χ3v) is 6.73. The Morgan fingerprint density at radius 1 is 1.00 bits per heavy atom. The molecule has 0 aliphatic heterocycles. The van der Waals surface area contributed by atoms with E-state index in [1.807, 2.05) is 0 Å². The van der Waals surface area contributed by atoms with Gasteiger partial charge in [0.1, 0.15) is 0 Å². The number of alkyl halides is 3. The number of carbonyl (C=O) groups is 1. The lowest BCUT2D eigenvalue weighted by atomic mass is 10.0. The number of benzene rings is 2. The van der Waals surface area contributed by atoms with E-state index in [4.69, 9.17) is 0 Å². The smallest absolute Gasteiger partial charge is 0.416 e. The van der Waals surface area contributed by atoms with Crippen LogP contribution in [0.2, 0.25) is 0 Å². The Labute approximate surface area is 199 Å². The Morgan fingerprint density at radius 2 is 1.69 bits per heavy atom. The van der Waals surface area contributed by atoms with Gasteiger partial charge in [0.25, 0.3) is 5.56 Å². The predicted octanol–water partition coefficient (Wildman–Crippen LogP) is 1.11. The Hall–Kier alpha value is -4.35. The highest BCUT2D eigenvalue weighted by Crippen LogP contribution is 2.41. The van der Waals surface area contributed by atoms with E-state index in [-0.39, 0.29) is 35.3 Å². The van der Waals surface area contributed by atoms with Gasteiger partial charge in [0, 0.05) is 20.3 Å². The summed E-state index contributed by atoms with van der Waals surface area (Å²) in [7, 11) is 3.09. The summed E-state index contributed by atoms with van der Waals surface area (Å²) in [6, 6.07) is 6.94. The van der Waals surface area contributed by atoms with Crippen molar-refractivity contribution in [1.29, 1.82) is 0 Å². The molecule has 0 bridgehead atoms. The van der Waals surface area contributed by atoms with Crippen molar-refractivity contribution >= 4 is 17.0 Å². The largest absolute Gasteiger partial charge is 0.545 e. The topological polar surface area (TPSA) is 111 Å². The summed E-state index contributed by atoms with van der Waals surface area (Å²) in [6.07, 6.45) is -3.84. The Kier molecular flexibility index (Phi) is 5.09. The molecule has 0 saturated carbocycles. The minimum Gasteiger partial charge on any atom is -0.545 e. The summed E-state index contributed by atoms with van der Waals surface area (Å²) in [4.78, 5) is 50.7. The normalized spacial score (nSPS) is 15.4. The van der Waals surface area contributed by atoms with E-state index >= 15 is 0 Å². The average Bonchev–Trinajstić information content (AvgIpc) is 3.33. The van der Waals surface area contributed by atoms with Crippen LogP contribution in [0.3, 0.4) is 0 Å².